The van der Waals surface area contributed by atoms with Gasteiger partial charge in [0.25, 0.3) is 5.91 Å². The minimum absolute atomic E-state index is 0.0388. The van der Waals surface area contributed by atoms with Crippen LogP contribution in [0.5, 0.6) is 0 Å². The molecule has 0 radical (unpaired) electrons. The third-order valence-corrected chi connectivity index (χ3v) is 6.56. The molecule has 29 heavy (non-hydrogen) atoms. The number of aryl methyl sites for hydroxylation is 2. The molecule has 1 fully saturated rings. The molecule has 2 aromatic carbocycles. The summed E-state index contributed by atoms with van der Waals surface area (Å²) in [7, 11) is 0. The molecule has 3 N–H and O–H groups in total. The fourth-order valence-corrected chi connectivity index (χ4v) is 4.48. The summed E-state index contributed by atoms with van der Waals surface area (Å²) in [5.74, 6) is -0.0388. The second kappa shape index (κ2) is 8.39. The Hall–Kier alpha value is -2.63. The molecule has 1 aliphatic rings. The highest BCUT2D eigenvalue weighted by Crippen LogP contribution is 2.30. The van der Waals surface area contributed by atoms with Gasteiger partial charge in [0.15, 0.2) is 0 Å². The maximum atomic E-state index is 13.0. The molecule has 0 saturated carbocycles. The second-order valence-corrected chi connectivity index (χ2v) is 8.70. The Morgan fingerprint density at radius 3 is 2.62 bits per heavy atom. The first-order valence-corrected chi connectivity index (χ1v) is 10.9. The van der Waals surface area contributed by atoms with E-state index in [1.807, 2.05) is 32.0 Å². The first-order chi connectivity index (χ1) is 14.0. The average Bonchev–Trinajstić information content (AvgIpc) is 3.11. The van der Waals surface area contributed by atoms with E-state index < -0.39 is 0 Å². The van der Waals surface area contributed by atoms with Crippen molar-refractivity contribution in [3.05, 3.63) is 76.2 Å². The quantitative estimate of drug-likeness (QED) is 0.546. The van der Waals surface area contributed by atoms with Gasteiger partial charge in [-0.1, -0.05) is 24.3 Å². The molecule has 1 aliphatic heterocycles. The normalized spacial score (nSPS) is 14.9. The Balaban J connectivity index is 1.50. The van der Waals surface area contributed by atoms with E-state index in [1.54, 1.807) is 11.3 Å². The maximum absolute atomic E-state index is 13.0. The van der Waals surface area contributed by atoms with Gasteiger partial charge in [0.2, 0.25) is 0 Å². The molecule has 4 rings (SSSR count). The lowest BCUT2D eigenvalue weighted by atomic mass is 10.0. The van der Waals surface area contributed by atoms with Crippen molar-refractivity contribution in [3.63, 3.8) is 0 Å². The zero-order valence-electron chi connectivity index (χ0n) is 17.1. The van der Waals surface area contributed by atoms with Crippen LogP contribution in [-0.2, 0) is 0 Å². The van der Waals surface area contributed by atoms with Crippen molar-refractivity contribution in [1.82, 2.24) is 10.6 Å². The van der Waals surface area contributed by atoms with Gasteiger partial charge in [-0.2, -0.15) is 0 Å². The van der Waals surface area contributed by atoms with Crippen LogP contribution in [0.4, 0.5) is 5.69 Å². The molecule has 1 aromatic heterocycles. The first-order valence-electron chi connectivity index (χ1n) is 10.0. The smallest absolute Gasteiger partial charge is 0.252 e. The molecule has 0 aliphatic carbocycles. The van der Waals surface area contributed by atoms with Crippen molar-refractivity contribution < 1.29 is 4.79 Å². The lowest BCUT2D eigenvalue weighted by molar-refractivity contribution is 0.0939. The number of carbonyl (C=O) groups excluding carboxylic acids is 1. The molecule has 1 atom stereocenters. The van der Waals surface area contributed by atoms with Crippen molar-refractivity contribution in [2.45, 2.75) is 32.9 Å². The van der Waals surface area contributed by atoms with Crippen LogP contribution in [0.25, 0.3) is 10.4 Å². The zero-order valence-corrected chi connectivity index (χ0v) is 17.9. The van der Waals surface area contributed by atoms with Crippen LogP contribution in [-0.4, -0.2) is 25.0 Å². The first kappa shape index (κ1) is 19.7. The van der Waals surface area contributed by atoms with Crippen molar-refractivity contribution in [2.75, 3.05) is 18.4 Å². The van der Waals surface area contributed by atoms with E-state index in [-0.39, 0.29) is 11.9 Å². The summed E-state index contributed by atoms with van der Waals surface area (Å²) in [6.07, 6.45) is 0. The van der Waals surface area contributed by atoms with Gasteiger partial charge in [0.05, 0.1) is 12.1 Å². The van der Waals surface area contributed by atoms with Crippen LogP contribution in [0, 0.1) is 13.8 Å². The van der Waals surface area contributed by atoms with Gasteiger partial charge in [-0.25, -0.2) is 0 Å². The third-order valence-electron chi connectivity index (χ3n) is 5.49. The number of nitrogens with one attached hydrogen (secondary N) is 3. The zero-order chi connectivity index (χ0) is 20.4. The third kappa shape index (κ3) is 4.36. The lowest BCUT2D eigenvalue weighted by Crippen LogP contribution is -2.51. The molecule has 150 valence electrons. The van der Waals surface area contributed by atoms with Gasteiger partial charge in [-0.15, -0.1) is 11.3 Å². The molecular weight excluding hydrogens is 378 g/mol. The molecule has 1 amide bonds. The molecule has 5 heteroatoms. The number of thiophene rings is 1. The van der Waals surface area contributed by atoms with E-state index in [4.69, 9.17) is 0 Å². The average molecular weight is 406 g/mol. The highest BCUT2D eigenvalue weighted by molar-refractivity contribution is 7.13. The van der Waals surface area contributed by atoms with Crippen molar-refractivity contribution >= 4 is 22.9 Å². The predicted octanol–water partition coefficient (Wildman–Crippen LogP) is 4.91. The number of hydrogen-bond donors (Lipinski definition) is 3. The minimum atomic E-state index is -0.0745. The topological polar surface area (TPSA) is 53.2 Å². The molecule has 0 bridgehead atoms. The van der Waals surface area contributed by atoms with Crippen LogP contribution < -0.4 is 16.0 Å². The number of benzene rings is 2. The van der Waals surface area contributed by atoms with Gasteiger partial charge in [0, 0.05) is 29.2 Å². The summed E-state index contributed by atoms with van der Waals surface area (Å²) in [5.41, 5.74) is 6.29. The minimum Gasteiger partial charge on any atom is -0.380 e. The molecular formula is C24H27N3OS. The fourth-order valence-electron chi connectivity index (χ4n) is 3.56. The van der Waals surface area contributed by atoms with Crippen molar-refractivity contribution in [3.8, 4) is 10.4 Å². The van der Waals surface area contributed by atoms with E-state index in [0.29, 0.717) is 6.04 Å². The van der Waals surface area contributed by atoms with Gasteiger partial charge in [-0.3, -0.25) is 4.79 Å². The van der Waals surface area contributed by atoms with Gasteiger partial charge >= 0.3 is 0 Å². The van der Waals surface area contributed by atoms with Crippen molar-refractivity contribution in [2.24, 2.45) is 0 Å². The fraction of sp³-hybridized carbons (Fsp3) is 0.292. The predicted molar refractivity (Wildman–Crippen MR) is 122 cm³/mol. The number of anilines is 1. The Morgan fingerprint density at radius 2 is 1.93 bits per heavy atom. The molecule has 1 saturated heterocycles. The lowest BCUT2D eigenvalue weighted by Gasteiger charge is -2.29. The standard InChI is InChI=1S/C24H27N3OS/c1-15-7-8-20(27-21-13-25-14-21)12-22(15)24(28)26-17(3)18-5-4-6-19(11-18)23-16(2)9-10-29-23/h4-12,17,21,25,27H,13-14H2,1-3H3,(H,26,28)/t17-/m1/s1. The van der Waals surface area contributed by atoms with E-state index in [2.05, 4.69) is 58.6 Å². The Kier molecular flexibility index (Phi) is 5.69. The monoisotopic (exact) mass is 405 g/mol. The highest BCUT2D eigenvalue weighted by Gasteiger charge is 2.18. The maximum Gasteiger partial charge on any atom is 0.252 e. The van der Waals surface area contributed by atoms with Crippen molar-refractivity contribution in [1.29, 1.82) is 0 Å². The van der Waals surface area contributed by atoms with Gasteiger partial charge in [-0.05, 0) is 72.7 Å². The number of rotatable bonds is 6. The Bertz CT molecular complexity index is 1020. The molecule has 4 nitrogen and oxygen atoms in total. The number of hydrogen-bond acceptors (Lipinski definition) is 4. The number of carbonyl (C=O) groups is 1. The SMILES string of the molecule is Cc1ccc(NC2CNC2)cc1C(=O)N[C@H](C)c1cccc(-c2sccc2C)c1. The second-order valence-electron chi connectivity index (χ2n) is 7.78. The van der Waals surface area contributed by atoms with Gasteiger partial charge in [0.1, 0.15) is 0 Å². The van der Waals surface area contributed by atoms with Crippen LogP contribution >= 0.6 is 11.3 Å². The summed E-state index contributed by atoms with van der Waals surface area (Å²) >= 11 is 1.75. The van der Waals surface area contributed by atoms with Crippen LogP contribution in [0.2, 0.25) is 0 Å². The summed E-state index contributed by atoms with van der Waals surface area (Å²) in [6.45, 7) is 8.08. The molecule has 2 heterocycles. The van der Waals surface area contributed by atoms with Crippen LogP contribution in [0.3, 0.4) is 0 Å². The highest BCUT2D eigenvalue weighted by atomic mass is 32.1. The molecule has 0 spiro atoms. The van der Waals surface area contributed by atoms with E-state index in [0.717, 1.165) is 35.5 Å². The van der Waals surface area contributed by atoms with Crippen LogP contribution in [0.1, 0.15) is 40.0 Å². The molecule has 0 unspecified atom stereocenters. The summed E-state index contributed by atoms with van der Waals surface area (Å²) < 4.78 is 0. The molecule has 3 aromatic rings. The van der Waals surface area contributed by atoms with Gasteiger partial charge < -0.3 is 16.0 Å². The number of amides is 1. The largest absolute Gasteiger partial charge is 0.380 e. The van der Waals surface area contributed by atoms with E-state index >= 15 is 0 Å². The Labute approximate surface area is 176 Å². The summed E-state index contributed by atoms with van der Waals surface area (Å²) in [4.78, 5) is 14.3. The van der Waals surface area contributed by atoms with Crippen LogP contribution in [0.15, 0.2) is 53.9 Å². The van der Waals surface area contributed by atoms with E-state index in [9.17, 15) is 4.79 Å². The Morgan fingerprint density at radius 1 is 1.10 bits per heavy atom. The summed E-state index contributed by atoms with van der Waals surface area (Å²) in [6, 6.07) is 17.0. The summed E-state index contributed by atoms with van der Waals surface area (Å²) in [5, 5.41) is 12.0. The van der Waals surface area contributed by atoms with E-state index in [1.165, 1.54) is 16.0 Å².